The number of rotatable bonds is 5. The van der Waals surface area contributed by atoms with Crippen molar-refractivity contribution in [3.8, 4) is 28.5 Å². The summed E-state index contributed by atoms with van der Waals surface area (Å²) in [5.41, 5.74) is 7.42. The van der Waals surface area contributed by atoms with E-state index in [4.69, 9.17) is 9.97 Å². The molecule has 7 heteroatoms. The fourth-order valence-electron chi connectivity index (χ4n) is 4.75. The molecule has 1 aliphatic heterocycles. The molecule has 0 saturated heterocycles. The summed E-state index contributed by atoms with van der Waals surface area (Å²) in [6.07, 6.45) is 7.56. The molecular formula is C28H27N7. The Morgan fingerprint density at radius 1 is 0.886 bits per heavy atom. The van der Waals surface area contributed by atoms with Crippen molar-refractivity contribution in [3.05, 3.63) is 102 Å². The third kappa shape index (κ3) is 4.15. The maximum atomic E-state index is 5.08. The normalized spacial score (nSPS) is 13.7. The van der Waals surface area contributed by atoms with Crippen LogP contribution in [-0.4, -0.2) is 40.5 Å². The highest BCUT2D eigenvalue weighted by atomic mass is 15.3. The van der Waals surface area contributed by atoms with Crippen molar-refractivity contribution >= 4 is 0 Å². The third-order valence-electron chi connectivity index (χ3n) is 6.51. The topological polar surface area (TPSA) is 64.7 Å². The molecule has 0 amide bonds. The zero-order valence-corrected chi connectivity index (χ0v) is 20.0. The Balaban J connectivity index is 1.35. The zero-order chi connectivity index (χ0) is 23.8. The van der Waals surface area contributed by atoms with Gasteiger partial charge in [-0.15, -0.1) is 0 Å². The van der Waals surface area contributed by atoms with Gasteiger partial charge in [0.15, 0.2) is 5.82 Å². The largest absolute Gasteiger partial charge is 0.324 e. The fraction of sp³-hybridized carbons (Fsp3) is 0.214. The van der Waals surface area contributed by atoms with Crippen LogP contribution in [0.5, 0.6) is 0 Å². The van der Waals surface area contributed by atoms with Gasteiger partial charge in [-0.3, -0.25) is 9.88 Å². The first-order chi connectivity index (χ1) is 17.2. The second kappa shape index (κ2) is 8.92. The van der Waals surface area contributed by atoms with Crippen LogP contribution in [0.15, 0.2) is 79.4 Å². The highest BCUT2D eigenvalue weighted by molar-refractivity contribution is 5.67. The Bertz CT molecular complexity index is 1470. The average Bonchev–Trinajstić information content (AvgIpc) is 3.50. The van der Waals surface area contributed by atoms with Gasteiger partial charge in [-0.1, -0.05) is 42.5 Å². The van der Waals surface area contributed by atoms with E-state index in [0.29, 0.717) is 0 Å². The molecule has 3 aromatic heterocycles. The van der Waals surface area contributed by atoms with Gasteiger partial charge in [-0.05, 0) is 31.5 Å². The lowest BCUT2D eigenvalue weighted by atomic mass is 10.1. The van der Waals surface area contributed by atoms with E-state index in [9.17, 15) is 0 Å². The van der Waals surface area contributed by atoms with Crippen LogP contribution in [0, 0.1) is 13.8 Å². The SMILES string of the molecule is Cc1cccc(-n2ccnc2CN2CCn3c(-c4cnc(C)cn4)nc(-c4ccccc4)c3C2)c1. The predicted molar refractivity (Wildman–Crippen MR) is 136 cm³/mol. The smallest absolute Gasteiger partial charge is 0.161 e. The summed E-state index contributed by atoms with van der Waals surface area (Å²) in [7, 11) is 0. The summed E-state index contributed by atoms with van der Waals surface area (Å²) in [6.45, 7) is 7.37. The van der Waals surface area contributed by atoms with Gasteiger partial charge in [0.2, 0.25) is 0 Å². The lowest BCUT2D eigenvalue weighted by Crippen LogP contribution is -2.34. The van der Waals surface area contributed by atoms with Crippen LogP contribution < -0.4 is 0 Å². The molecule has 0 spiro atoms. The molecule has 0 N–H and O–H groups in total. The van der Waals surface area contributed by atoms with Crippen LogP contribution in [0.2, 0.25) is 0 Å². The number of hydrogen-bond donors (Lipinski definition) is 0. The minimum Gasteiger partial charge on any atom is -0.324 e. The second-order valence-electron chi connectivity index (χ2n) is 9.05. The highest BCUT2D eigenvalue weighted by Gasteiger charge is 2.27. The Labute approximate surface area is 204 Å². The van der Waals surface area contributed by atoms with Crippen LogP contribution in [0.3, 0.4) is 0 Å². The molecule has 4 heterocycles. The molecule has 2 aromatic carbocycles. The standard InChI is InChI=1S/C28H27N7/c1-20-7-6-10-23(15-20)34-12-11-29-26(34)19-33-13-14-35-25(18-33)27(22-8-4-3-5-9-22)32-28(35)24-17-30-21(2)16-31-24/h3-12,15-17H,13-14,18-19H2,1-2H3. The molecule has 0 unspecified atom stereocenters. The molecule has 1 aliphatic rings. The highest BCUT2D eigenvalue weighted by Crippen LogP contribution is 2.32. The van der Waals surface area contributed by atoms with Crippen LogP contribution in [0.4, 0.5) is 0 Å². The molecule has 0 radical (unpaired) electrons. The van der Waals surface area contributed by atoms with E-state index in [0.717, 1.165) is 66.2 Å². The van der Waals surface area contributed by atoms with Crippen LogP contribution in [0.1, 0.15) is 22.8 Å². The van der Waals surface area contributed by atoms with Crippen molar-refractivity contribution in [2.45, 2.75) is 33.5 Å². The maximum absolute atomic E-state index is 5.08. The molecule has 5 aromatic rings. The Morgan fingerprint density at radius 3 is 2.57 bits per heavy atom. The van der Waals surface area contributed by atoms with E-state index in [-0.39, 0.29) is 0 Å². The lowest BCUT2D eigenvalue weighted by molar-refractivity contribution is 0.208. The van der Waals surface area contributed by atoms with Crippen LogP contribution >= 0.6 is 0 Å². The number of aryl methyl sites for hydroxylation is 2. The summed E-state index contributed by atoms with van der Waals surface area (Å²) in [4.78, 5) is 21.3. The van der Waals surface area contributed by atoms with Crippen molar-refractivity contribution in [2.75, 3.05) is 6.54 Å². The van der Waals surface area contributed by atoms with Gasteiger partial charge < -0.3 is 9.13 Å². The van der Waals surface area contributed by atoms with Crippen molar-refractivity contribution < 1.29 is 0 Å². The van der Waals surface area contributed by atoms with E-state index >= 15 is 0 Å². The summed E-state index contributed by atoms with van der Waals surface area (Å²) in [5, 5.41) is 0. The van der Waals surface area contributed by atoms with E-state index < -0.39 is 0 Å². The molecular weight excluding hydrogens is 434 g/mol. The van der Waals surface area contributed by atoms with Gasteiger partial charge >= 0.3 is 0 Å². The molecule has 0 bridgehead atoms. The van der Waals surface area contributed by atoms with E-state index in [1.807, 2.05) is 31.6 Å². The molecule has 6 rings (SSSR count). The van der Waals surface area contributed by atoms with Crippen molar-refractivity contribution in [1.29, 1.82) is 0 Å². The van der Waals surface area contributed by atoms with Crippen LogP contribution in [0.25, 0.3) is 28.5 Å². The Kier molecular flexibility index (Phi) is 5.47. The van der Waals surface area contributed by atoms with E-state index in [2.05, 4.69) is 79.5 Å². The first-order valence-corrected chi connectivity index (χ1v) is 11.9. The summed E-state index contributed by atoms with van der Waals surface area (Å²) in [5.74, 6) is 1.92. The summed E-state index contributed by atoms with van der Waals surface area (Å²) in [6, 6.07) is 18.9. The lowest BCUT2D eigenvalue weighted by Gasteiger charge is -2.29. The quantitative estimate of drug-likeness (QED) is 0.375. The number of nitrogens with zero attached hydrogens (tertiary/aromatic N) is 7. The predicted octanol–water partition coefficient (Wildman–Crippen LogP) is 4.83. The number of benzene rings is 2. The van der Waals surface area contributed by atoms with Gasteiger partial charge in [0.05, 0.1) is 29.8 Å². The van der Waals surface area contributed by atoms with E-state index in [1.165, 1.54) is 11.3 Å². The third-order valence-corrected chi connectivity index (χ3v) is 6.51. The summed E-state index contributed by atoms with van der Waals surface area (Å²) >= 11 is 0. The van der Waals surface area contributed by atoms with Gasteiger partial charge in [0, 0.05) is 49.5 Å². The van der Waals surface area contributed by atoms with Gasteiger partial charge in [-0.25, -0.2) is 15.0 Å². The Morgan fingerprint density at radius 2 is 1.77 bits per heavy atom. The molecule has 174 valence electrons. The monoisotopic (exact) mass is 461 g/mol. The molecule has 0 atom stereocenters. The number of imidazole rings is 2. The minimum atomic E-state index is 0.764. The maximum Gasteiger partial charge on any atom is 0.161 e. The van der Waals surface area contributed by atoms with Gasteiger partial charge in [0.25, 0.3) is 0 Å². The van der Waals surface area contributed by atoms with Gasteiger partial charge in [0.1, 0.15) is 11.5 Å². The van der Waals surface area contributed by atoms with Crippen LogP contribution in [-0.2, 0) is 19.6 Å². The number of fused-ring (bicyclic) bond motifs is 1. The summed E-state index contributed by atoms with van der Waals surface area (Å²) < 4.78 is 4.50. The molecule has 0 fully saturated rings. The molecule has 0 saturated carbocycles. The minimum absolute atomic E-state index is 0.764. The Hall–Kier alpha value is -4.10. The molecule has 7 nitrogen and oxygen atoms in total. The first-order valence-electron chi connectivity index (χ1n) is 11.9. The number of aromatic nitrogens is 6. The average molecular weight is 462 g/mol. The van der Waals surface area contributed by atoms with Crippen molar-refractivity contribution in [2.24, 2.45) is 0 Å². The first kappa shape index (κ1) is 21.4. The second-order valence-corrected chi connectivity index (χ2v) is 9.05. The molecule has 0 aliphatic carbocycles. The molecule has 35 heavy (non-hydrogen) atoms. The van der Waals surface area contributed by atoms with Crippen molar-refractivity contribution in [1.82, 2.24) is 34.0 Å². The van der Waals surface area contributed by atoms with Crippen molar-refractivity contribution in [3.63, 3.8) is 0 Å². The fourth-order valence-corrected chi connectivity index (χ4v) is 4.75. The number of hydrogen-bond acceptors (Lipinski definition) is 5. The van der Waals surface area contributed by atoms with E-state index in [1.54, 1.807) is 6.20 Å². The zero-order valence-electron chi connectivity index (χ0n) is 20.0. The van der Waals surface area contributed by atoms with Gasteiger partial charge in [-0.2, -0.15) is 0 Å².